The summed E-state index contributed by atoms with van der Waals surface area (Å²) >= 11 is 0. The van der Waals surface area contributed by atoms with Crippen LogP contribution in [0.5, 0.6) is 5.75 Å². The molecule has 1 fully saturated rings. The first kappa shape index (κ1) is 17.9. The van der Waals surface area contributed by atoms with Crippen LogP contribution in [0.25, 0.3) is 11.3 Å². The van der Waals surface area contributed by atoms with Gasteiger partial charge in [0.1, 0.15) is 17.6 Å². The van der Waals surface area contributed by atoms with Crippen molar-refractivity contribution in [2.24, 2.45) is 5.73 Å². The Balaban J connectivity index is 1.49. The van der Waals surface area contributed by atoms with E-state index in [4.69, 9.17) is 20.3 Å². The molecule has 0 aliphatic heterocycles. The summed E-state index contributed by atoms with van der Waals surface area (Å²) < 4.78 is 11.7. The Kier molecular flexibility index (Phi) is 5.17. The fourth-order valence-corrected chi connectivity index (χ4v) is 3.20. The van der Waals surface area contributed by atoms with E-state index in [1.54, 1.807) is 6.07 Å². The Morgan fingerprint density at radius 3 is 2.68 bits per heavy atom. The van der Waals surface area contributed by atoms with Crippen LogP contribution in [0.15, 0.2) is 47.2 Å². The van der Waals surface area contributed by atoms with Crippen LogP contribution in [0.2, 0.25) is 0 Å². The average molecular weight is 376 g/mol. The molecule has 1 aliphatic carbocycles. The summed E-state index contributed by atoms with van der Waals surface area (Å²) in [6, 6.07) is 11.7. The van der Waals surface area contributed by atoms with Crippen molar-refractivity contribution in [1.29, 1.82) is 5.26 Å². The first-order valence-electron chi connectivity index (χ1n) is 9.19. The number of ether oxygens (including phenoxy) is 1. The maximum Gasteiger partial charge on any atom is 0.175 e. The maximum absolute atomic E-state index is 8.79. The van der Waals surface area contributed by atoms with E-state index in [-0.39, 0.29) is 17.8 Å². The number of aromatic nitrogens is 3. The molecule has 3 aromatic rings. The lowest BCUT2D eigenvalue weighted by Gasteiger charge is -2.27. The molecule has 1 saturated carbocycles. The minimum absolute atomic E-state index is 0.162. The highest BCUT2D eigenvalue weighted by atomic mass is 16.5. The van der Waals surface area contributed by atoms with Crippen LogP contribution >= 0.6 is 0 Å². The summed E-state index contributed by atoms with van der Waals surface area (Å²) in [5, 5.41) is 15.8. The second kappa shape index (κ2) is 8.06. The second-order valence-corrected chi connectivity index (χ2v) is 6.75. The van der Waals surface area contributed by atoms with Gasteiger partial charge >= 0.3 is 0 Å². The second-order valence-electron chi connectivity index (χ2n) is 6.75. The molecule has 0 saturated heterocycles. The highest BCUT2D eigenvalue weighted by Gasteiger charge is 2.21. The fourth-order valence-electron chi connectivity index (χ4n) is 3.20. The first-order chi connectivity index (χ1) is 13.7. The van der Waals surface area contributed by atoms with Gasteiger partial charge in [-0.05, 0) is 37.8 Å². The molecule has 0 atom stereocenters. The van der Waals surface area contributed by atoms with Crippen LogP contribution in [-0.2, 0) is 0 Å². The van der Waals surface area contributed by atoms with Gasteiger partial charge in [-0.1, -0.05) is 17.3 Å². The molecule has 8 heteroatoms. The van der Waals surface area contributed by atoms with E-state index in [9.17, 15) is 0 Å². The van der Waals surface area contributed by atoms with Crippen LogP contribution in [0, 0.1) is 11.3 Å². The van der Waals surface area contributed by atoms with Gasteiger partial charge in [-0.25, -0.2) is 9.97 Å². The topological polar surface area (TPSA) is 123 Å². The number of nitriles is 1. The monoisotopic (exact) mass is 376 g/mol. The normalized spacial score (nSPS) is 19.0. The molecule has 2 heterocycles. The summed E-state index contributed by atoms with van der Waals surface area (Å²) in [6.07, 6.45) is 6.89. The standard InChI is InChI=1S/C20H20N6O2/c21-10-14-11-24-20(12-23-14)25-19-9-18(28-26-19)16-3-1-2-4-17(16)27-15-7-5-13(22)6-8-15/h1-4,9,11-13,15H,5-8,22H2,(H,24,25,26). The van der Waals surface area contributed by atoms with Crippen molar-refractivity contribution in [2.45, 2.75) is 37.8 Å². The van der Waals surface area contributed by atoms with E-state index >= 15 is 0 Å². The van der Waals surface area contributed by atoms with Crippen LogP contribution in [-0.4, -0.2) is 27.3 Å². The first-order valence-corrected chi connectivity index (χ1v) is 9.19. The number of nitrogens with one attached hydrogen (secondary N) is 1. The molecule has 0 amide bonds. The zero-order valence-corrected chi connectivity index (χ0v) is 15.2. The van der Waals surface area contributed by atoms with Crippen molar-refractivity contribution in [3.8, 4) is 23.1 Å². The highest BCUT2D eigenvalue weighted by Crippen LogP contribution is 2.34. The number of benzene rings is 1. The Bertz CT molecular complexity index is 971. The average Bonchev–Trinajstić information content (AvgIpc) is 3.19. The van der Waals surface area contributed by atoms with Gasteiger partial charge in [0.25, 0.3) is 0 Å². The summed E-state index contributed by atoms with van der Waals surface area (Å²) in [5.74, 6) is 2.32. The molecule has 4 rings (SSSR count). The van der Waals surface area contributed by atoms with Gasteiger partial charge in [-0.3, -0.25) is 0 Å². The lowest BCUT2D eigenvalue weighted by atomic mass is 9.93. The van der Waals surface area contributed by atoms with Crippen LogP contribution in [0.4, 0.5) is 11.6 Å². The maximum atomic E-state index is 8.79. The largest absolute Gasteiger partial charge is 0.490 e. The number of rotatable bonds is 5. The minimum Gasteiger partial charge on any atom is -0.490 e. The number of nitrogens with zero attached hydrogens (tertiary/aromatic N) is 4. The third-order valence-electron chi connectivity index (χ3n) is 4.70. The van der Waals surface area contributed by atoms with Gasteiger partial charge in [-0.2, -0.15) is 5.26 Å². The molecule has 3 N–H and O–H groups in total. The van der Waals surface area contributed by atoms with Gasteiger partial charge in [0.05, 0.1) is 24.1 Å². The molecule has 28 heavy (non-hydrogen) atoms. The van der Waals surface area contributed by atoms with E-state index in [1.165, 1.54) is 12.4 Å². The summed E-state index contributed by atoms with van der Waals surface area (Å²) in [4.78, 5) is 8.08. The van der Waals surface area contributed by atoms with Crippen molar-refractivity contribution in [1.82, 2.24) is 15.1 Å². The smallest absolute Gasteiger partial charge is 0.175 e. The lowest BCUT2D eigenvalue weighted by Crippen LogP contribution is -2.31. The molecule has 0 radical (unpaired) electrons. The van der Waals surface area contributed by atoms with E-state index in [0.717, 1.165) is 37.0 Å². The van der Waals surface area contributed by atoms with Crippen LogP contribution in [0.3, 0.4) is 0 Å². The van der Waals surface area contributed by atoms with E-state index in [1.807, 2.05) is 30.3 Å². The minimum atomic E-state index is 0.162. The molecule has 142 valence electrons. The van der Waals surface area contributed by atoms with Crippen molar-refractivity contribution in [3.63, 3.8) is 0 Å². The van der Waals surface area contributed by atoms with Gasteiger partial charge < -0.3 is 20.3 Å². The number of hydrogen-bond acceptors (Lipinski definition) is 8. The Morgan fingerprint density at radius 2 is 1.93 bits per heavy atom. The number of para-hydroxylation sites is 1. The van der Waals surface area contributed by atoms with E-state index < -0.39 is 0 Å². The summed E-state index contributed by atoms with van der Waals surface area (Å²) in [7, 11) is 0. The van der Waals surface area contributed by atoms with Crippen molar-refractivity contribution in [3.05, 3.63) is 48.4 Å². The zero-order chi connectivity index (χ0) is 19.3. The van der Waals surface area contributed by atoms with Crippen LogP contribution < -0.4 is 15.8 Å². The molecule has 0 spiro atoms. The molecule has 1 aromatic carbocycles. The quantitative estimate of drug-likeness (QED) is 0.694. The third-order valence-corrected chi connectivity index (χ3v) is 4.70. The van der Waals surface area contributed by atoms with Gasteiger partial charge in [-0.15, -0.1) is 0 Å². The predicted molar refractivity (Wildman–Crippen MR) is 103 cm³/mol. The molecular formula is C20H20N6O2. The number of hydrogen-bond donors (Lipinski definition) is 2. The Hall–Kier alpha value is -3.44. The SMILES string of the molecule is N#Cc1cnc(Nc2cc(-c3ccccc3OC3CCC(N)CC3)on2)cn1. The highest BCUT2D eigenvalue weighted by molar-refractivity contribution is 5.68. The Morgan fingerprint density at radius 1 is 1.11 bits per heavy atom. The molecule has 1 aliphatic rings. The van der Waals surface area contributed by atoms with E-state index in [0.29, 0.717) is 17.4 Å². The van der Waals surface area contributed by atoms with Crippen LogP contribution in [0.1, 0.15) is 31.4 Å². The molecule has 8 nitrogen and oxygen atoms in total. The number of anilines is 2. The van der Waals surface area contributed by atoms with Gasteiger partial charge in [0.15, 0.2) is 17.3 Å². The van der Waals surface area contributed by atoms with Gasteiger partial charge in [0.2, 0.25) is 0 Å². The molecule has 0 bridgehead atoms. The van der Waals surface area contributed by atoms with Crippen molar-refractivity contribution >= 4 is 11.6 Å². The zero-order valence-electron chi connectivity index (χ0n) is 15.2. The van der Waals surface area contributed by atoms with Crippen molar-refractivity contribution in [2.75, 3.05) is 5.32 Å². The molecule has 2 aromatic heterocycles. The summed E-state index contributed by atoms with van der Waals surface area (Å²) in [6.45, 7) is 0. The molecular weight excluding hydrogens is 356 g/mol. The Labute approximate surface area is 162 Å². The summed E-state index contributed by atoms with van der Waals surface area (Å²) in [5.41, 5.74) is 7.07. The van der Waals surface area contributed by atoms with Gasteiger partial charge in [0, 0.05) is 12.1 Å². The fraction of sp³-hybridized carbons (Fsp3) is 0.300. The van der Waals surface area contributed by atoms with E-state index in [2.05, 4.69) is 20.4 Å². The third kappa shape index (κ3) is 4.10. The lowest BCUT2D eigenvalue weighted by molar-refractivity contribution is 0.147. The number of nitrogens with two attached hydrogens (primary N) is 1. The molecule has 0 unspecified atom stereocenters. The predicted octanol–water partition coefficient (Wildman–Crippen LogP) is 3.40. The van der Waals surface area contributed by atoms with Crippen molar-refractivity contribution < 1.29 is 9.26 Å².